The fraction of sp³-hybridized carbons (Fsp3) is 0.800. The Balaban J connectivity index is 2.11. The van der Waals surface area contributed by atoms with Gasteiger partial charge in [0.2, 0.25) is 0 Å². The van der Waals surface area contributed by atoms with Crippen molar-refractivity contribution in [2.75, 3.05) is 0 Å². The molecule has 2 nitrogen and oxygen atoms in total. The molecule has 2 heteroatoms. The third-order valence-electron chi connectivity index (χ3n) is 2.73. The van der Waals surface area contributed by atoms with E-state index >= 15 is 0 Å². The molecule has 0 aromatic rings. The van der Waals surface area contributed by atoms with E-state index in [1.807, 2.05) is 19.9 Å². The van der Waals surface area contributed by atoms with E-state index in [0.29, 0.717) is 12.0 Å². The van der Waals surface area contributed by atoms with Gasteiger partial charge in [0.15, 0.2) is 5.79 Å². The Bertz CT molecular complexity index is 198. The van der Waals surface area contributed by atoms with Gasteiger partial charge >= 0.3 is 0 Å². The van der Waals surface area contributed by atoms with Gasteiger partial charge in [0, 0.05) is 5.92 Å². The van der Waals surface area contributed by atoms with Crippen LogP contribution in [0.2, 0.25) is 0 Å². The van der Waals surface area contributed by atoms with Gasteiger partial charge in [0.1, 0.15) is 0 Å². The molecule has 0 spiro atoms. The largest absolute Gasteiger partial charge is 0.345 e. The van der Waals surface area contributed by atoms with Crippen molar-refractivity contribution in [2.24, 2.45) is 5.92 Å². The van der Waals surface area contributed by atoms with E-state index in [-0.39, 0.29) is 11.9 Å². The van der Waals surface area contributed by atoms with Crippen LogP contribution in [0.5, 0.6) is 0 Å². The zero-order valence-electron chi connectivity index (χ0n) is 7.75. The van der Waals surface area contributed by atoms with Gasteiger partial charge in [-0.3, -0.25) is 0 Å². The van der Waals surface area contributed by atoms with Gasteiger partial charge in [-0.25, -0.2) is 0 Å². The molecule has 68 valence electrons. The second-order valence-electron chi connectivity index (χ2n) is 4.12. The van der Waals surface area contributed by atoms with Crippen molar-refractivity contribution in [2.45, 2.75) is 44.7 Å². The molecule has 2 aliphatic rings. The van der Waals surface area contributed by atoms with Crippen molar-refractivity contribution in [1.82, 2.24) is 0 Å². The minimum Gasteiger partial charge on any atom is -0.345 e. The average molecular weight is 168 g/mol. The highest BCUT2D eigenvalue weighted by atomic mass is 16.8. The van der Waals surface area contributed by atoms with Crippen LogP contribution in [0.4, 0.5) is 0 Å². The third-order valence-corrected chi connectivity index (χ3v) is 2.73. The Morgan fingerprint density at radius 1 is 1.33 bits per heavy atom. The Labute approximate surface area is 73.5 Å². The van der Waals surface area contributed by atoms with Crippen molar-refractivity contribution in [1.29, 1.82) is 0 Å². The monoisotopic (exact) mass is 168 g/mol. The molecule has 1 heterocycles. The first kappa shape index (κ1) is 8.27. The maximum atomic E-state index is 5.78. The van der Waals surface area contributed by atoms with E-state index in [0.717, 1.165) is 12.8 Å². The molecule has 0 amide bonds. The van der Waals surface area contributed by atoms with E-state index < -0.39 is 0 Å². The summed E-state index contributed by atoms with van der Waals surface area (Å²) in [6.07, 6.45) is 4.84. The van der Waals surface area contributed by atoms with Crippen LogP contribution in [0, 0.1) is 5.92 Å². The number of rotatable bonds is 1. The zero-order chi connectivity index (χ0) is 8.77. The maximum absolute atomic E-state index is 5.78. The molecule has 0 aromatic carbocycles. The second-order valence-corrected chi connectivity index (χ2v) is 4.12. The Morgan fingerprint density at radius 3 is 2.75 bits per heavy atom. The van der Waals surface area contributed by atoms with Crippen LogP contribution in [0.1, 0.15) is 26.7 Å². The van der Waals surface area contributed by atoms with Gasteiger partial charge in [-0.05, 0) is 26.7 Å². The summed E-state index contributed by atoms with van der Waals surface area (Å²) in [5, 5.41) is 0. The van der Waals surface area contributed by atoms with E-state index in [9.17, 15) is 0 Å². The number of ether oxygens (including phenoxy) is 2. The Hall–Kier alpha value is -0.340. The van der Waals surface area contributed by atoms with Crippen molar-refractivity contribution < 1.29 is 9.47 Å². The predicted octanol–water partition coefficient (Wildman–Crippen LogP) is 2.10. The maximum Gasteiger partial charge on any atom is 0.163 e. The van der Waals surface area contributed by atoms with Gasteiger partial charge in [-0.2, -0.15) is 0 Å². The number of fused-ring (bicyclic) bond motifs is 1. The molecule has 0 bridgehead atoms. The normalized spacial score (nSPS) is 44.3. The van der Waals surface area contributed by atoms with Crippen molar-refractivity contribution in [3.05, 3.63) is 12.7 Å². The van der Waals surface area contributed by atoms with Gasteiger partial charge < -0.3 is 9.47 Å². The minimum atomic E-state index is -0.378. The molecule has 1 aliphatic heterocycles. The van der Waals surface area contributed by atoms with E-state index in [4.69, 9.17) is 9.47 Å². The molecule has 2 rings (SSSR count). The summed E-state index contributed by atoms with van der Waals surface area (Å²) in [5.41, 5.74) is 0. The second kappa shape index (κ2) is 2.57. The molecule has 1 saturated carbocycles. The summed E-state index contributed by atoms with van der Waals surface area (Å²) in [6, 6.07) is 0. The number of hydrogen-bond donors (Lipinski definition) is 0. The molecule has 0 unspecified atom stereocenters. The van der Waals surface area contributed by atoms with Crippen LogP contribution in [0.25, 0.3) is 0 Å². The molecule has 3 atom stereocenters. The van der Waals surface area contributed by atoms with Crippen molar-refractivity contribution >= 4 is 0 Å². The lowest BCUT2D eigenvalue weighted by atomic mass is 10.1. The summed E-state index contributed by atoms with van der Waals surface area (Å²) in [6.45, 7) is 7.77. The third kappa shape index (κ3) is 1.19. The van der Waals surface area contributed by atoms with Crippen LogP contribution >= 0.6 is 0 Å². The van der Waals surface area contributed by atoms with Crippen LogP contribution in [0.15, 0.2) is 12.7 Å². The highest BCUT2D eigenvalue weighted by Gasteiger charge is 2.47. The zero-order valence-corrected chi connectivity index (χ0v) is 7.75. The van der Waals surface area contributed by atoms with Crippen LogP contribution in [-0.2, 0) is 9.47 Å². The molecule has 0 radical (unpaired) electrons. The van der Waals surface area contributed by atoms with Crippen LogP contribution < -0.4 is 0 Å². The standard InChI is InChI=1S/C10H16O2/c1-4-7-5-6-8-9(7)12-10(2,3)11-8/h4,7-9H,1,5-6H2,2-3H3/t7-,8-,9+/m0/s1. The molecule has 0 aromatic heterocycles. The predicted molar refractivity (Wildman–Crippen MR) is 46.7 cm³/mol. The Kier molecular flexibility index (Phi) is 1.77. The Morgan fingerprint density at radius 2 is 2.08 bits per heavy atom. The van der Waals surface area contributed by atoms with Gasteiger partial charge in [0.05, 0.1) is 12.2 Å². The molecule has 2 fully saturated rings. The summed E-state index contributed by atoms with van der Waals surface area (Å²) in [7, 11) is 0. The highest BCUT2D eigenvalue weighted by molar-refractivity contribution is 4.99. The SMILES string of the molecule is C=C[C@H]1CC[C@@H]2OC(C)(C)O[C@@H]21. The summed E-state index contributed by atoms with van der Waals surface area (Å²) >= 11 is 0. The quantitative estimate of drug-likeness (QED) is 0.558. The van der Waals surface area contributed by atoms with E-state index in [1.165, 1.54) is 0 Å². The molecule has 0 N–H and O–H groups in total. The van der Waals surface area contributed by atoms with E-state index in [2.05, 4.69) is 6.58 Å². The number of hydrogen-bond acceptors (Lipinski definition) is 2. The fourth-order valence-corrected chi connectivity index (χ4v) is 2.22. The first-order chi connectivity index (χ1) is 5.62. The van der Waals surface area contributed by atoms with Gasteiger partial charge in [0.25, 0.3) is 0 Å². The average Bonchev–Trinajstić information content (AvgIpc) is 2.42. The lowest BCUT2D eigenvalue weighted by molar-refractivity contribution is -0.154. The summed E-state index contributed by atoms with van der Waals surface area (Å²) < 4.78 is 11.5. The molecule has 1 aliphatic carbocycles. The molecular formula is C10H16O2. The molecule has 1 saturated heterocycles. The fourth-order valence-electron chi connectivity index (χ4n) is 2.22. The highest BCUT2D eigenvalue weighted by Crippen LogP contribution is 2.41. The minimum absolute atomic E-state index is 0.262. The topological polar surface area (TPSA) is 18.5 Å². The van der Waals surface area contributed by atoms with E-state index in [1.54, 1.807) is 0 Å². The van der Waals surface area contributed by atoms with Crippen LogP contribution in [0.3, 0.4) is 0 Å². The van der Waals surface area contributed by atoms with Crippen molar-refractivity contribution in [3.8, 4) is 0 Å². The lowest BCUT2D eigenvalue weighted by Gasteiger charge is -2.19. The first-order valence-corrected chi connectivity index (χ1v) is 4.60. The summed E-state index contributed by atoms with van der Waals surface area (Å²) in [5.74, 6) is 0.119. The van der Waals surface area contributed by atoms with Gasteiger partial charge in [-0.1, -0.05) is 6.08 Å². The van der Waals surface area contributed by atoms with Crippen molar-refractivity contribution in [3.63, 3.8) is 0 Å². The lowest BCUT2D eigenvalue weighted by Crippen LogP contribution is -2.24. The first-order valence-electron chi connectivity index (χ1n) is 4.60. The van der Waals surface area contributed by atoms with Gasteiger partial charge in [-0.15, -0.1) is 6.58 Å². The summed E-state index contributed by atoms with van der Waals surface area (Å²) in [4.78, 5) is 0. The molecular weight excluding hydrogens is 152 g/mol. The van der Waals surface area contributed by atoms with Crippen LogP contribution in [-0.4, -0.2) is 18.0 Å². The smallest absolute Gasteiger partial charge is 0.163 e. The molecule has 12 heavy (non-hydrogen) atoms.